The van der Waals surface area contributed by atoms with Gasteiger partial charge in [-0.05, 0) is 31.0 Å². The van der Waals surface area contributed by atoms with Gasteiger partial charge in [0.15, 0.2) is 5.13 Å². The Bertz CT molecular complexity index is 854. The molecule has 5 nitrogen and oxygen atoms in total. The number of rotatable bonds is 4. The van der Waals surface area contributed by atoms with Gasteiger partial charge in [0.05, 0.1) is 4.87 Å². The smallest absolute Gasteiger partial charge is 0.249 e. The van der Waals surface area contributed by atoms with Gasteiger partial charge in [-0.15, -0.1) is 23.1 Å². The Morgan fingerprint density at radius 1 is 1.42 bits per heavy atom. The normalized spacial score (nSPS) is 24.8. The minimum Gasteiger partial charge on any atom is -0.315 e. The van der Waals surface area contributed by atoms with E-state index in [-0.39, 0.29) is 16.7 Å². The van der Waals surface area contributed by atoms with Crippen molar-refractivity contribution in [2.75, 3.05) is 11.1 Å². The van der Waals surface area contributed by atoms with Crippen LogP contribution in [0.4, 0.5) is 5.13 Å². The summed E-state index contributed by atoms with van der Waals surface area (Å²) in [5.41, 5.74) is 1.19. The van der Waals surface area contributed by atoms with Crippen molar-refractivity contribution in [1.29, 1.82) is 0 Å². The third-order valence-electron chi connectivity index (χ3n) is 4.82. The Hall–Kier alpha value is -1.38. The molecule has 0 saturated carbocycles. The van der Waals surface area contributed by atoms with E-state index >= 15 is 0 Å². The van der Waals surface area contributed by atoms with E-state index < -0.39 is 6.04 Å². The standard InChI is InChI=1S/C18H18BrN3O2S2/c1-18-7-6-15(23)22(18)14(10-25-18)16(24)21-17-20-9-13(26-17)8-11-2-4-12(19)5-3-11/h2-5,9,14H,6-8,10H2,1H3,(H,20,21,24)/t14-,18+/m0/s1. The predicted molar refractivity (Wildman–Crippen MR) is 108 cm³/mol. The minimum absolute atomic E-state index is 0.0766. The van der Waals surface area contributed by atoms with Crippen molar-refractivity contribution in [2.45, 2.75) is 37.1 Å². The lowest BCUT2D eigenvalue weighted by Crippen LogP contribution is -2.48. The topological polar surface area (TPSA) is 62.3 Å². The van der Waals surface area contributed by atoms with Crippen molar-refractivity contribution >= 4 is 56.0 Å². The van der Waals surface area contributed by atoms with E-state index in [2.05, 4.69) is 45.3 Å². The van der Waals surface area contributed by atoms with Crippen LogP contribution in [0, 0.1) is 0 Å². The molecule has 2 aromatic rings. The molecular weight excluding hydrogens is 434 g/mol. The van der Waals surface area contributed by atoms with E-state index in [0.29, 0.717) is 17.3 Å². The largest absolute Gasteiger partial charge is 0.315 e. The van der Waals surface area contributed by atoms with Gasteiger partial charge in [0.1, 0.15) is 6.04 Å². The summed E-state index contributed by atoms with van der Waals surface area (Å²) in [7, 11) is 0. The van der Waals surface area contributed by atoms with E-state index in [4.69, 9.17) is 0 Å². The van der Waals surface area contributed by atoms with Crippen molar-refractivity contribution in [1.82, 2.24) is 9.88 Å². The molecule has 4 rings (SSSR count). The highest BCUT2D eigenvalue weighted by Gasteiger charge is 2.52. The minimum atomic E-state index is -0.404. The summed E-state index contributed by atoms with van der Waals surface area (Å²) in [5, 5.41) is 3.49. The average Bonchev–Trinajstić information content (AvgIpc) is 3.26. The number of nitrogens with one attached hydrogen (secondary N) is 1. The van der Waals surface area contributed by atoms with Gasteiger partial charge in [0, 0.05) is 34.1 Å². The Balaban J connectivity index is 1.42. The molecular formula is C18H18BrN3O2S2. The molecule has 0 radical (unpaired) electrons. The highest BCUT2D eigenvalue weighted by atomic mass is 79.9. The molecule has 26 heavy (non-hydrogen) atoms. The Morgan fingerprint density at radius 3 is 2.96 bits per heavy atom. The molecule has 0 unspecified atom stereocenters. The van der Waals surface area contributed by atoms with Crippen molar-refractivity contribution in [3.63, 3.8) is 0 Å². The molecule has 3 heterocycles. The maximum atomic E-state index is 12.7. The molecule has 8 heteroatoms. The van der Waals surface area contributed by atoms with Crippen LogP contribution >= 0.6 is 39.0 Å². The first-order chi connectivity index (χ1) is 12.4. The second kappa shape index (κ2) is 6.98. The molecule has 2 aliphatic heterocycles. The fourth-order valence-corrected chi connectivity index (χ4v) is 6.00. The van der Waals surface area contributed by atoms with E-state index in [1.54, 1.807) is 22.9 Å². The van der Waals surface area contributed by atoms with Crippen LogP contribution in [0.15, 0.2) is 34.9 Å². The number of nitrogens with zero attached hydrogens (tertiary/aromatic N) is 2. The van der Waals surface area contributed by atoms with E-state index in [1.807, 2.05) is 12.1 Å². The third kappa shape index (κ3) is 3.42. The zero-order valence-corrected chi connectivity index (χ0v) is 17.4. The summed E-state index contributed by atoms with van der Waals surface area (Å²) >= 11 is 6.61. The molecule has 0 aliphatic carbocycles. The first-order valence-corrected chi connectivity index (χ1v) is 11.0. The second-order valence-electron chi connectivity index (χ2n) is 6.69. The predicted octanol–water partition coefficient (Wildman–Crippen LogP) is 3.89. The highest BCUT2D eigenvalue weighted by Crippen LogP contribution is 2.47. The summed E-state index contributed by atoms with van der Waals surface area (Å²) < 4.78 is 1.05. The van der Waals surface area contributed by atoms with Gasteiger partial charge >= 0.3 is 0 Å². The van der Waals surface area contributed by atoms with Crippen LogP contribution < -0.4 is 5.32 Å². The number of aromatic nitrogens is 1. The number of halogens is 1. The van der Waals surface area contributed by atoms with Crippen LogP contribution in [0.5, 0.6) is 0 Å². The molecule has 2 fully saturated rings. The Labute approximate surface area is 168 Å². The summed E-state index contributed by atoms with van der Waals surface area (Å²) in [6, 6.07) is 7.76. The quantitative estimate of drug-likeness (QED) is 0.765. The number of thioether (sulfide) groups is 1. The zero-order valence-electron chi connectivity index (χ0n) is 14.2. The molecule has 1 aromatic heterocycles. The number of benzene rings is 1. The van der Waals surface area contributed by atoms with E-state index in [1.165, 1.54) is 16.9 Å². The molecule has 0 spiro atoms. The monoisotopic (exact) mass is 451 g/mol. The lowest BCUT2D eigenvalue weighted by atomic mass is 10.1. The van der Waals surface area contributed by atoms with Crippen LogP contribution in [-0.4, -0.2) is 38.4 Å². The van der Waals surface area contributed by atoms with Gasteiger partial charge in [-0.2, -0.15) is 0 Å². The highest BCUT2D eigenvalue weighted by molar-refractivity contribution is 9.10. The maximum Gasteiger partial charge on any atom is 0.249 e. The molecule has 0 bridgehead atoms. The fraction of sp³-hybridized carbons (Fsp3) is 0.389. The molecule has 136 valence electrons. The molecule has 2 atom stereocenters. The number of hydrogen-bond donors (Lipinski definition) is 1. The number of carbonyl (C=O) groups excluding carboxylic acids is 2. The number of hydrogen-bond acceptors (Lipinski definition) is 5. The van der Waals surface area contributed by atoms with Gasteiger partial charge < -0.3 is 10.2 Å². The van der Waals surface area contributed by atoms with Crippen LogP contribution in [-0.2, 0) is 16.0 Å². The van der Waals surface area contributed by atoms with Gasteiger partial charge in [0.2, 0.25) is 11.8 Å². The first-order valence-electron chi connectivity index (χ1n) is 8.41. The van der Waals surface area contributed by atoms with Crippen molar-refractivity contribution < 1.29 is 9.59 Å². The maximum absolute atomic E-state index is 12.7. The Kier molecular flexibility index (Phi) is 4.83. The van der Waals surface area contributed by atoms with Crippen molar-refractivity contribution in [3.05, 3.63) is 45.4 Å². The Morgan fingerprint density at radius 2 is 2.19 bits per heavy atom. The summed E-state index contributed by atoms with van der Waals surface area (Å²) in [5.74, 6) is 0.583. The van der Waals surface area contributed by atoms with Crippen LogP contribution in [0.2, 0.25) is 0 Å². The van der Waals surface area contributed by atoms with E-state index in [9.17, 15) is 9.59 Å². The van der Waals surface area contributed by atoms with Gasteiger partial charge in [0.25, 0.3) is 0 Å². The fourth-order valence-electron chi connectivity index (χ4n) is 3.45. The lowest BCUT2D eigenvalue weighted by molar-refractivity contribution is -0.135. The average molecular weight is 452 g/mol. The number of thiazole rings is 1. The van der Waals surface area contributed by atoms with Gasteiger partial charge in [-0.1, -0.05) is 28.1 Å². The number of anilines is 1. The van der Waals surface area contributed by atoms with Gasteiger partial charge in [-0.3, -0.25) is 9.59 Å². The van der Waals surface area contributed by atoms with Gasteiger partial charge in [-0.25, -0.2) is 4.98 Å². The summed E-state index contributed by atoms with van der Waals surface area (Å²) in [6.45, 7) is 2.05. The van der Waals surface area contributed by atoms with E-state index in [0.717, 1.165) is 22.2 Å². The molecule has 1 aromatic carbocycles. The number of fused-ring (bicyclic) bond motifs is 1. The SMILES string of the molecule is C[C@@]12CCC(=O)N1[C@H](C(=O)Nc1ncc(Cc3ccc(Br)cc3)s1)CS2. The second-order valence-corrected chi connectivity index (χ2v) is 10.2. The summed E-state index contributed by atoms with van der Waals surface area (Å²) in [6.07, 6.45) is 3.93. The lowest BCUT2D eigenvalue weighted by Gasteiger charge is -2.29. The molecule has 2 amide bonds. The molecule has 2 aliphatic rings. The first kappa shape index (κ1) is 18.0. The van der Waals surface area contributed by atoms with Crippen molar-refractivity contribution in [3.8, 4) is 0 Å². The summed E-state index contributed by atoms with van der Waals surface area (Å²) in [4.78, 5) is 31.8. The zero-order chi connectivity index (χ0) is 18.3. The van der Waals surface area contributed by atoms with Crippen LogP contribution in [0.3, 0.4) is 0 Å². The molecule has 1 N–H and O–H groups in total. The third-order valence-corrected chi connectivity index (χ3v) is 7.77. The number of carbonyl (C=O) groups is 2. The van der Waals surface area contributed by atoms with Crippen LogP contribution in [0.1, 0.15) is 30.2 Å². The number of amides is 2. The molecule has 2 saturated heterocycles. The van der Waals surface area contributed by atoms with Crippen LogP contribution in [0.25, 0.3) is 0 Å². The van der Waals surface area contributed by atoms with Crippen molar-refractivity contribution in [2.24, 2.45) is 0 Å².